The first-order valence-corrected chi connectivity index (χ1v) is 10.7. The Morgan fingerprint density at radius 2 is 1.73 bits per heavy atom. The summed E-state index contributed by atoms with van der Waals surface area (Å²) in [5.41, 5.74) is 3.17. The molecule has 1 heterocycles. The van der Waals surface area contributed by atoms with Crippen LogP contribution >= 0.6 is 0 Å². The number of ether oxygens (including phenoxy) is 1. The molecule has 0 saturated heterocycles. The monoisotopic (exact) mass is 402 g/mol. The van der Waals surface area contributed by atoms with Crippen LogP contribution in [-0.2, 0) is 6.61 Å². The Kier molecular flexibility index (Phi) is 8.02. The first-order chi connectivity index (χ1) is 14.7. The fourth-order valence-electron chi connectivity index (χ4n) is 3.39. The zero-order chi connectivity index (χ0) is 21.2. The second kappa shape index (κ2) is 11.1. The van der Waals surface area contributed by atoms with Crippen LogP contribution in [0.5, 0.6) is 5.75 Å². The molecule has 4 heteroatoms. The molecule has 30 heavy (non-hydrogen) atoms. The Morgan fingerprint density at radius 3 is 2.53 bits per heavy atom. The summed E-state index contributed by atoms with van der Waals surface area (Å²) in [6.07, 6.45) is 6.40. The molecule has 0 aliphatic rings. The number of ketones is 1. The Morgan fingerprint density at radius 1 is 0.933 bits per heavy atom. The average molecular weight is 403 g/mol. The minimum absolute atomic E-state index is 0.0400. The lowest BCUT2D eigenvalue weighted by atomic mass is 9.98. The zero-order valence-electron chi connectivity index (χ0n) is 17.9. The van der Waals surface area contributed by atoms with Gasteiger partial charge in [0.15, 0.2) is 5.78 Å². The van der Waals surface area contributed by atoms with Crippen LogP contribution in [0, 0.1) is 6.92 Å². The van der Waals surface area contributed by atoms with Crippen molar-refractivity contribution in [1.29, 1.82) is 0 Å². The molecule has 0 aliphatic heterocycles. The highest BCUT2D eigenvalue weighted by atomic mass is 16.5. The quantitative estimate of drug-likeness (QED) is 0.307. The van der Waals surface area contributed by atoms with Crippen molar-refractivity contribution in [2.75, 3.05) is 11.9 Å². The van der Waals surface area contributed by atoms with Gasteiger partial charge in [0.05, 0.1) is 5.56 Å². The van der Waals surface area contributed by atoms with Crippen molar-refractivity contribution in [2.45, 2.75) is 46.1 Å². The van der Waals surface area contributed by atoms with Gasteiger partial charge in [0, 0.05) is 23.9 Å². The molecule has 2 aromatic carbocycles. The molecule has 0 spiro atoms. The number of hydrogen-bond donors (Lipinski definition) is 1. The molecule has 0 radical (unpaired) electrons. The highest BCUT2D eigenvalue weighted by Gasteiger charge is 2.18. The minimum atomic E-state index is -0.0400. The Bertz CT molecular complexity index is 954. The number of nitrogens with zero attached hydrogens (tertiary/aromatic N) is 1. The second-order valence-electron chi connectivity index (χ2n) is 7.42. The first-order valence-electron chi connectivity index (χ1n) is 10.7. The molecular formula is C26H30N2O2. The van der Waals surface area contributed by atoms with E-state index in [9.17, 15) is 4.79 Å². The molecule has 3 aromatic rings. The van der Waals surface area contributed by atoms with E-state index in [0.717, 1.165) is 29.8 Å². The zero-order valence-corrected chi connectivity index (χ0v) is 17.9. The third-order valence-electron chi connectivity index (χ3n) is 5.14. The summed E-state index contributed by atoms with van der Waals surface area (Å²) < 4.78 is 6.00. The number of carbonyl (C=O) groups is 1. The smallest absolute Gasteiger partial charge is 0.197 e. The number of nitrogens with one attached hydrogen (secondary N) is 1. The molecule has 0 bridgehead atoms. The van der Waals surface area contributed by atoms with E-state index < -0.39 is 0 Å². The molecule has 0 unspecified atom stereocenters. The number of anilines is 1. The Hall–Kier alpha value is -3.14. The van der Waals surface area contributed by atoms with E-state index in [1.807, 2.05) is 61.5 Å². The van der Waals surface area contributed by atoms with E-state index in [2.05, 4.69) is 17.2 Å². The van der Waals surface area contributed by atoms with Crippen molar-refractivity contribution in [3.8, 4) is 5.75 Å². The maximum atomic E-state index is 13.3. The largest absolute Gasteiger partial charge is 0.489 e. The first kappa shape index (κ1) is 21.6. The summed E-state index contributed by atoms with van der Waals surface area (Å²) in [4.78, 5) is 17.7. The minimum Gasteiger partial charge on any atom is -0.489 e. The topological polar surface area (TPSA) is 51.2 Å². The lowest BCUT2D eigenvalue weighted by Crippen LogP contribution is -2.12. The van der Waals surface area contributed by atoms with Crippen LogP contribution in [0.3, 0.4) is 0 Å². The van der Waals surface area contributed by atoms with Gasteiger partial charge in [0.2, 0.25) is 0 Å². The van der Waals surface area contributed by atoms with E-state index in [4.69, 9.17) is 4.74 Å². The standard InChI is InChI=1S/C26H30N2O2/c1-3-4-5-9-17-27-26-23(15-11-18-28-26)25(29)22-14-10-16-24(20(22)2)30-19-21-12-7-6-8-13-21/h6-8,10-16,18H,3-5,9,17,19H2,1-2H3,(H,27,28). The molecular weight excluding hydrogens is 372 g/mol. The number of hydrogen-bond acceptors (Lipinski definition) is 4. The molecule has 0 atom stereocenters. The predicted octanol–water partition coefficient (Wildman–Crippen LogP) is 6.19. The van der Waals surface area contributed by atoms with Crippen LogP contribution in [0.4, 0.5) is 5.82 Å². The molecule has 4 nitrogen and oxygen atoms in total. The summed E-state index contributed by atoms with van der Waals surface area (Å²) in [6, 6.07) is 19.3. The Labute approximate surface area is 179 Å². The second-order valence-corrected chi connectivity index (χ2v) is 7.42. The van der Waals surface area contributed by atoms with Crippen LogP contribution < -0.4 is 10.1 Å². The van der Waals surface area contributed by atoms with Crippen molar-refractivity contribution < 1.29 is 9.53 Å². The van der Waals surface area contributed by atoms with Crippen LogP contribution in [0.15, 0.2) is 66.9 Å². The summed E-state index contributed by atoms with van der Waals surface area (Å²) in [7, 11) is 0. The van der Waals surface area contributed by atoms with Gasteiger partial charge >= 0.3 is 0 Å². The molecule has 0 aliphatic carbocycles. The van der Waals surface area contributed by atoms with E-state index in [0.29, 0.717) is 23.6 Å². The number of pyridine rings is 1. The highest BCUT2D eigenvalue weighted by molar-refractivity contribution is 6.12. The van der Waals surface area contributed by atoms with E-state index >= 15 is 0 Å². The number of benzene rings is 2. The Balaban J connectivity index is 1.74. The van der Waals surface area contributed by atoms with Gasteiger partial charge < -0.3 is 10.1 Å². The predicted molar refractivity (Wildman–Crippen MR) is 122 cm³/mol. The molecule has 0 fully saturated rings. The van der Waals surface area contributed by atoms with Crippen molar-refractivity contribution in [2.24, 2.45) is 0 Å². The molecule has 156 valence electrons. The molecule has 1 aromatic heterocycles. The SMILES string of the molecule is CCCCCCNc1ncccc1C(=O)c1cccc(OCc2ccccc2)c1C. The van der Waals surface area contributed by atoms with Gasteiger partial charge in [-0.1, -0.05) is 68.7 Å². The third kappa shape index (κ3) is 5.69. The van der Waals surface area contributed by atoms with Crippen molar-refractivity contribution in [1.82, 2.24) is 4.98 Å². The summed E-state index contributed by atoms with van der Waals surface area (Å²) in [6.45, 7) is 5.41. The van der Waals surface area contributed by atoms with Gasteiger partial charge in [-0.15, -0.1) is 0 Å². The molecule has 0 amide bonds. The van der Waals surface area contributed by atoms with Crippen LogP contribution in [0.1, 0.15) is 59.7 Å². The van der Waals surface area contributed by atoms with Crippen LogP contribution in [0.2, 0.25) is 0 Å². The van der Waals surface area contributed by atoms with E-state index in [1.54, 1.807) is 12.3 Å². The van der Waals surface area contributed by atoms with E-state index in [-0.39, 0.29) is 5.78 Å². The van der Waals surface area contributed by atoms with Gasteiger partial charge in [-0.2, -0.15) is 0 Å². The fraction of sp³-hybridized carbons (Fsp3) is 0.308. The van der Waals surface area contributed by atoms with Crippen LogP contribution in [-0.4, -0.2) is 17.3 Å². The van der Waals surface area contributed by atoms with Crippen molar-refractivity contribution in [3.63, 3.8) is 0 Å². The number of rotatable bonds is 11. The van der Waals surface area contributed by atoms with E-state index in [1.165, 1.54) is 19.3 Å². The van der Waals surface area contributed by atoms with Gasteiger partial charge in [0.25, 0.3) is 0 Å². The molecule has 3 rings (SSSR count). The molecule has 1 N–H and O–H groups in total. The lowest BCUT2D eigenvalue weighted by Gasteiger charge is -2.14. The number of carbonyl (C=O) groups excluding carboxylic acids is 1. The van der Waals surface area contributed by atoms with Gasteiger partial charge in [-0.25, -0.2) is 4.98 Å². The maximum Gasteiger partial charge on any atom is 0.197 e. The van der Waals surface area contributed by atoms with Gasteiger partial charge in [-0.3, -0.25) is 4.79 Å². The normalized spacial score (nSPS) is 10.6. The van der Waals surface area contributed by atoms with Crippen molar-refractivity contribution >= 4 is 11.6 Å². The average Bonchev–Trinajstić information content (AvgIpc) is 2.79. The van der Waals surface area contributed by atoms with Gasteiger partial charge in [0.1, 0.15) is 18.2 Å². The lowest BCUT2D eigenvalue weighted by molar-refractivity contribution is 0.103. The number of unbranched alkanes of at least 4 members (excludes halogenated alkanes) is 3. The van der Waals surface area contributed by atoms with Crippen LogP contribution in [0.25, 0.3) is 0 Å². The summed E-state index contributed by atoms with van der Waals surface area (Å²) in [5.74, 6) is 1.33. The number of aromatic nitrogens is 1. The summed E-state index contributed by atoms with van der Waals surface area (Å²) in [5, 5.41) is 3.34. The maximum absolute atomic E-state index is 13.3. The summed E-state index contributed by atoms with van der Waals surface area (Å²) >= 11 is 0. The fourth-order valence-corrected chi connectivity index (χ4v) is 3.39. The van der Waals surface area contributed by atoms with Crippen molar-refractivity contribution in [3.05, 3.63) is 89.1 Å². The third-order valence-corrected chi connectivity index (χ3v) is 5.14. The van der Waals surface area contributed by atoms with Gasteiger partial charge in [-0.05, 0) is 37.1 Å². The highest BCUT2D eigenvalue weighted by Crippen LogP contribution is 2.26. The molecule has 0 saturated carbocycles.